The van der Waals surface area contributed by atoms with E-state index in [-0.39, 0.29) is 5.82 Å². The number of thiazole rings is 1. The Labute approximate surface area is 359 Å². The maximum absolute atomic E-state index is 14.4. The molecule has 0 N–H and O–H groups in total. The van der Waals surface area contributed by atoms with Crippen LogP contribution < -0.4 is 25.6 Å². The van der Waals surface area contributed by atoms with Crippen molar-refractivity contribution in [3.05, 3.63) is 242 Å². The fraction of sp³-hybridized carbons (Fsp3) is 0. The van der Waals surface area contributed by atoms with Gasteiger partial charge in [0.1, 0.15) is 10.6 Å². The Hall–Kier alpha value is -7.31. The van der Waals surface area contributed by atoms with Crippen LogP contribution in [0.3, 0.4) is 0 Å². The van der Waals surface area contributed by atoms with Crippen molar-refractivity contribution >= 4 is 83.2 Å². The first-order chi connectivity index (χ1) is 30.2. The lowest BCUT2D eigenvalue weighted by Crippen LogP contribution is -2.74. The average molecular weight is 819 g/mol. The average Bonchev–Trinajstić information content (AvgIpc) is 3.86. The summed E-state index contributed by atoms with van der Waals surface area (Å²) in [5.41, 5.74) is 10.1. The van der Waals surface area contributed by atoms with Crippen molar-refractivity contribution < 1.29 is 4.39 Å². The number of hydrogen-bond donors (Lipinski definition) is 0. The van der Waals surface area contributed by atoms with Crippen molar-refractivity contribution in [1.82, 2.24) is 4.40 Å². The number of anilines is 3. The van der Waals surface area contributed by atoms with E-state index in [0.29, 0.717) is 0 Å². The molecule has 0 saturated carbocycles. The number of nitrogens with zero attached hydrogens (tertiary/aromatic N) is 2. The van der Waals surface area contributed by atoms with Crippen LogP contribution in [0.4, 0.5) is 21.5 Å². The molecule has 0 radical (unpaired) electrons. The summed E-state index contributed by atoms with van der Waals surface area (Å²) in [5.74, 6) is -0.261. The van der Waals surface area contributed by atoms with Crippen molar-refractivity contribution in [1.29, 1.82) is 0 Å². The summed E-state index contributed by atoms with van der Waals surface area (Å²) < 4.78 is 18.1. The van der Waals surface area contributed by atoms with Crippen LogP contribution in [0.1, 0.15) is 0 Å². The van der Waals surface area contributed by atoms with E-state index >= 15 is 0 Å². The topological polar surface area (TPSA) is 7.65 Å². The van der Waals surface area contributed by atoms with E-state index < -0.39 is 8.07 Å². The van der Waals surface area contributed by atoms with Crippen LogP contribution in [-0.2, 0) is 0 Å². The number of para-hydroxylation sites is 1. The van der Waals surface area contributed by atoms with Crippen LogP contribution in [0.15, 0.2) is 237 Å². The molecule has 0 fully saturated rings. The van der Waals surface area contributed by atoms with Crippen LogP contribution in [0.5, 0.6) is 0 Å². The molecule has 0 aliphatic heterocycles. The summed E-state index contributed by atoms with van der Waals surface area (Å²) in [6.45, 7) is 0. The second-order valence-electron chi connectivity index (χ2n) is 15.4. The number of hydrogen-bond acceptors (Lipinski definition) is 2. The van der Waals surface area contributed by atoms with E-state index in [1.54, 1.807) is 0 Å². The van der Waals surface area contributed by atoms with Crippen LogP contribution in [0.2, 0.25) is 0 Å². The lowest BCUT2D eigenvalue weighted by molar-refractivity contribution is 0.628. The quantitative estimate of drug-likeness (QED) is 0.104. The van der Waals surface area contributed by atoms with Gasteiger partial charge in [-0.15, -0.1) is 11.3 Å². The first-order valence-electron chi connectivity index (χ1n) is 20.6. The molecule has 2 heterocycles. The third-order valence-corrected chi connectivity index (χ3v) is 18.0. The van der Waals surface area contributed by atoms with Crippen molar-refractivity contribution in [2.24, 2.45) is 0 Å². The number of benzene rings is 9. The SMILES string of the molecule is Fc1ccc(N(c2ccc(-c3ccc4sc5c(-c6ccccc6)c6ccccc6n5c4c3)cc2)c2ccc([Si](c3ccccc3)(c3ccccc3)c3ccccc3)cc2)cc1. The van der Waals surface area contributed by atoms with Crippen molar-refractivity contribution in [2.75, 3.05) is 4.90 Å². The van der Waals surface area contributed by atoms with Crippen molar-refractivity contribution in [3.8, 4) is 22.3 Å². The van der Waals surface area contributed by atoms with Gasteiger partial charge in [-0.3, -0.25) is 4.40 Å². The van der Waals surface area contributed by atoms with Crippen LogP contribution in [-0.4, -0.2) is 12.5 Å². The molecule has 0 amide bonds. The monoisotopic (exact) mass is 818 g/mol. The van der Waals surface area contributed by atoms with E-state index in [1.807, 2.05) is 23.5 Å². The predicted octanol–water partition coefficient (Wildman–Crippen LogP) is 12.6. The first-order valence-corrected chi connectivity index (χ1v) is 23.4. The Kier molecular flexibility index (Phi) is 9.26. The van der Waals surface area contributed by atoms with Gasteiger partial charge in [-0.25, -0.2) is 4.39 Å². The zero-order valence-electron chi connectivity index (χ0n) is 33.2. The van der Waals surface area contributed by atoms with Gasteiger partial charge in [0.15, 0.2) is 8.07 Å². The predicted molar refractivity (Wildman–Crippen MR) is 259 cm³/mol. The molecule has 0 bridgehead atoms. The number of fused-ring (bicyclic) bond motifs is 5. The minimum Gasteiger partial charge on any atom is -0.311 e. The highest BCUT2D eigenvalue weighted by molar-refractivity contribution is 7.24. The zero-order chi connectivity index (χ0) is 40.8. The lowest BCUT2D eigenvalue weighted by atomic mass is 10.0. The van der Waals surface area contributed by atoms with E-state index in [0.717, 1.165) is 28.2 Å². The Balaban J connectivity index is 1.01. The Bertz CT molecular complexity index is 3180. The van der Waals surface area contributed by atoms with E-state index in [1.165, 1.54) is 70.0 Å². The lowest BCUT2D eigenvalue weighted by Gasteiger charge is -2.35. The van der Waals surface area contributed by atoms with E-state index in [4.69, 9.17) is 0 Å². The van der Waals surface area contributed by atoms with Gasteiger partial charge >= 0.3 is 0 Å². The van der Waals surface area contributed by atoms with Gasteiger partial charge in [0, 0.05) is 28.0 Å². The second-order valence-corrected chi connectivity index (χ2v) is 20.3. The molecule has 2 aromatic heterocycles. The number of aromatic nitrogens is 1. The van der Waals surface area contributed by atoms with Gasteiger partial charge in [-0.1, -0.05) is 170 Å². The summed E-state index contributed by atoms with van der Waals surface area (Å²) in [4.78, 5) is 3.47. The van der Waals surface area contributed by atoms with E-state index in [2.05, 4.69) is 222 Å². The maximum Gasteiger partial charge on any atom is 0.179 e. The molecule has 0 aliphatic rings. The highest BCUT2D eigenvalue weighted by atomic mass is 32.1. The van der Waals surface area contributed by atoms with Gasteiger partial charge < -0.3 is 4.90 Å². The highest BCUT2D eigenvalue weighted by Crippen LogP contribution is 2.43. The minimum absolute atomic E-state index is 0.261. The first kappa shape index (κ1) is 36.7. The number of rotatable bonds is 9. The molecular formula is C56H39FN2SSi. The standard InChI is InChI=1S/C56H39FN2SSi/c57-43-28-32-45(33-29-43)58(46-34-36-50(37-35-46)61(47-17-7-2-8-18-47,48-19-9-3-10-20-48)49-21-11-4-12-22-49)44-30-25-40(26-31-44)42-27-38-54-53(39-42)59-52-24-14-13-23-51(52)55(56(59)60-54)41-15-5-1-6-16-41/h1-39H. The largest absolute Gasteiger partial charge is 0.311 e. The smallest absolute Gasteiger partial charge is 0.179 e. The molecule has 0 atom stereocenters. The van der Waals surface area contributed by atoms with E-state index in [9.17, 15) is 4.39 Å². The molecule has 61 heavy (non-hydrogen) atoms. The summed E-state index contributed by atoms with van der Waals surface area (Å²) in [5, 5.41) is 6.54. The molecule has 5 heteroatoms. The Morgan fingerprint density at radius 1 is 0.393 bits per heavy atom. The summed E-state index contributed by atoms with van der Waals surface area (Å²) >= 11 is 1.85. The van der Waals surface area contributed by atoms with Gasteiger partial charge in [0.25, 0.3) is 0 Å². The molecule has 0 spiro atoms. The van der Waals surface area contributed by atoms with Crippen molar-refractivity contribution in [2.45, 2.75) is 0 Å². The molecule has 9 aromatic carbocycles. The van der Waals surface area contributed by atoms with Crippen LogP contribution in [0.25, 0.3) is 48.2 Å². The van der Waals surface area contributed by atoms with Crippen LogP contribution in [0, 0.1) is 5.82 Å². The normalized spacial score (nSPS) is 11.7. The summed E-state index contributed by atoms with van der Waals surface area (Å²) in [6.07, 6.45) is 0. The van der Waals surface area contributed by atoms with Crippen molar-refractivity contribution in [3.63, 3.8) is 0 Å². The Morgan fingerprint density at radius 3 is 1.43 bits per heavy atom. The third kappa shape index (κ3) is 6.29. The Morgan fingerprint density at radius 2 is 0.852 bits per heavy atom. The molecule has 2 nitrogen and oxygen atoms in total. The molecule has 11 aromatic rings. The molecule has 0 unspecified atom stereocenters. The van der Waals surface area contributed by atoms with Gasteiger partial charge in [0.05, 0.1) is 15.7 Å². The fourth-order valence-corrected chi connectivity index (χ4v) is 15.2. The van der Waals surface area contributed by atoms with Gasteiger partial charge in [-0.2, -0.15) is 0 Å². The third-order valence-electron chi connectivity index (χ3n) is 12.0. The number of halogens is 1. The van der Waals surface area contributed by atoms with Crippen LogP contribution >= 0.6 is 11.3 Å². The minimum atomic E-state index is -2.70. The summed E-state index contributed by atoms with van der Waals surface area (Å²) in [6, 6.07) is 83.8. The maximum atomic E-state index is 14.4. The zero-order valence-corrected chi connectivity index (χ0v) is 35.0. The fourth-order valence-electron chi connectivity index (χ4n) is 9.26. The van der Waals surface area contributed by atoms with Gasteiger partial charge in [0.2, 0.25) is 0 Å². The molecule has 11 rings (SSSR count). The second kappa shape index (κ2) is 15.4. The highest BCUT2D eigenvalue weighted by Gasteiger charge is 2.41. The molecular weight excluding hydrogens is 780 g/mol. The summed E-state index contributed by atoms with van der Waals surface area (Å²) in [7, 11) is -2.70. The molecule has 0 saturated heterocycles. The van der Waals surface area contributed by atoms with Gasteiger partial charge in [-0.05, 0) is 104 Å². The molecule has 0 aliphatic carbocycles. The molecule has 290 valence electrons.